The molecule has 2 aromatic rings. The van der Waals surface area contributed by atoms with Crippen LogP contribution >= 0.6 is 0 Å². The number of carbonyl (C=O) groups is 1. The zero-order valence-corrected chi connectivity index (χ0v) is 14.6. The summed E-state index contributed by atoms with van der Waals surface area (Å²) in [6.07, 6.45) is -3.44. The number of hydrogen-bond acceptors (Lipinski definition) is 7. The Bertz CT molecular complexity index is 856. The summed E-state index contributed by atoms with van der Waals surface area (Å²) in [6, 6.07) is 8.16. The maximum absolute atomic E-state index is 11.5. The van der Waals surface area contributed by atoms with Gasteiger partial charge in [0.15, 0.2) is 11.3 Å². The average Bonchev–Trinajstić information content (AvgIpc) is 2.54. The van der Waals surface area contributed by atoms with Crippen molar-refractivity contribution in [3.8, 4) is 5.75 Å². The number of hydrogen-bond donors (Lipinski definition) is 1. The van der Waals surface area contributed by atoms with Gasteiger partial charge in [0.25, 0.3) is 0 Å². The minimum absolute atomic E-state index is 0.127. The Balaban J connectivity index is 1.89. The number of fused-ring (bicyclic) bond motifs is 1. The molecule has 1 aliphatic heterocycles. The quantitative estimate of drug-likeness (QED) is 0.652. The first-order valence-corrected chi connectivity index (χ1v) is 8.10. The number of rotatable bonds is 4. The summed E-state index contributed by atoms with van der Waals surface area (Å²) in [5.74, 6) is 0.325. The minimum atomic E-state index is -1.40. The molecule has 3 unspecified atom stereocenters. The normalized spacial score (nSPS) is 25.0. The first-order chi connectivity index (χ1) is 12.3. The van der Waals surface area contributed by atoms with Crippen molar-refractivity contribution in [2.75, 3.05) is 7.11 Å². The Kier molecular flexibility index (Phi) is 4.88. The molecule has 0 aliphatic carbocycles. The van der Waals surface area contributed by atoms with E-state index in [1.165, 1.54) is 13.2 Å². The van der Waals surface area contributed by atoms with Crippen molar-refractivity contribution in [2.24, 2.45) is 0 Å². The summed E-state index contributed by atoms with van der Waals surface area (Å²) < 4.78 is 27.4. The van der Waals surface area contributed by atoms with Crippen molar-refractivity contribution in [2.45, 2.75) is 44.4 Å². The summed E-state index contributed by atoms with van der Waals surface area (Å²) in [4.78, 5) is 22.5. The van der Waals surface area contributed by atoms with Crippen LogP contribution in [0.5, 0.6) is 5.75 Å². The van der Waals surface area contributed by atoms with Crippen LogP contribution in [0.3, 0.4) is 0 Å². The first kappa shape index (κ1) is 18.2. The largest absolute Gasteiger partial charge is 0.506 e. The van der Waals surface area contributed by atoms with Gasteiger partial charge in [-0.25, -0.2) is 9.59 Å². The third-order valence-corrected chi connectivity index (χ3v) is 4.26. The third kappa shape index (κ3) is 3.66. The maximum atomic E-state index is 11.5. The molecule has 0 saturated carbocycles. The smallest absolute Gasteiger partial charge is 0.461 e. The van der Waals surface area contributed by atoms with Crippen molar-refractivity contribution in [3.63, 3.8) is 0 Å². The number of benzene rings is 1. The third-order valence-electron chi connectivity index (χ3n) is 4.26. The van der Waals surface area contributed by atoms with E-state index in [1.807, 2.05) is 0 Å². The van der Waals surface area contributed by atoms with Gasteiger partial charge in [-0.2, -0.15) is 0 Å². The number of methoxy groups -OCH3 is 1. The fourth-order valence-electron chi connectivity index (χ4n) is 3.26. The van der Waals surface area contributed by atoms with Crippen molar-refractivity contribution in [1.82, 2.24) is 0 Å². The molecule has 1 aromatic heterocycles. The van der Waals surface area contributed by atoms with E-state index in [2.05, 4.69) is 0 Å². The van der Waals surface area contributed by atoms with Crippen LogP contribution < -0.4 is 10.4 Å². The molecule has 3 rings (SSSR count). The average molecular weight is 364 g/mol. The van der Waals surface area contributed by atoms with Crippen LogP contribution in [-0.4, -0.2) is 42.5 Å². The summed E-state index contributed by atoms with van der Waals surface area (Å²) in [5, 5.41) is 9.69. The van der Waals surface area contributed by atoms with E-state index >= 15 is 0 Å². The second kappa shape index (κ2) is 6.97. The van der Waals surface area contributed by atoms with Crippen LogP contribution in [-0.2, 0) is 14.2 Å². The molecule has 26 heavy (non-hydrogen) atoms. The molecule has 2 heterocycles. The summed E-state index contributed by atoms with van der Waals surface area (Å²) >= 11 is 0. The first-order valence-electron chi connectivity index (χ1n) is 8.10. The van der Waals surface area contributed by atoms with Gasteiger partial charge in [-0.05, 0) is 26.0 Å². The Hall–Kier alpha value is -2.58. The Morgan fingerprint density at radius 3 is 2.73 bits per heavy atom. The molecule has 1 aromatic carbocycles. The molecule has 1 aliphatic rings. The zero-order chi connectivity index (χ0) is 18.9. The highest BCUT2D eigenvalue weighted by Crippen LogP contribution is 2.35. The van der Waals surface area contributed by atoms with Crippen LogP contribution in [0.2, 0.25) is 0 Å². The Morgan fingerprint density at radius 1 is 1.27 bits per heavy atom. The summed E-state index contributed by atoms with van der Waals surface area (Å²) in [7, 11) is 1.47. The van der Waals surface area contributed by atoms with Crippen LogP contribution in [0, 0.1) is 0 Å². The van der Waals surface area contributed by atoms with Crippen molar-refractivity contribution in [3.05, 3.63) is 40.8 Å². The number of carboxylic acid groups (broad SMARTS) is 1. The molecule has 0 radical (unpaired) electrons. The van der Waals surface area contributed by atoms with E-state index in [4.69, 9.17) is 28.5 Å². The van der Waals surface area contributed by atoms with Crippen molar-refractivity contribution < 1.29 is 33.3 Å². The number of ether oxygens (including phenoxy) is 4. The topological polar surface area (TPSA) is 104 Å². The lowest BCUT2D eigenvalue weighted by molar-refractivity contribution is -0.265. The van der Waals surface area contributed by atoms with E-state index in [1.54, 1.807) is 38.1 Å². The molecular weight excluding hydrogens is 344 g/mol. The monoisotopic (exact) mass is 364 g/mol. The van der Waals surface area contributed by atoms with E-state index < -0.39 is 35.9 Å². The van der Waals surface area contributed by atoms with E-state index in [0.717, 1.165) is 0 Å². The summed E-state index contributed by atoms with van der Waals surface area (Å²) in [6.45, 7) is 3.52. The fourth-order valence-corrected chi connectivity index (χ4v) is 3.26. The fraction of sp³-hybridized carbons (Fsp3) is 0.444. The van der Waals surface area contributed by atoms with Crippen LogP contribution in [0.15, 0.2) is 39.5 Å². The summed E-state index contributed by atoms with van der Waals surface area (Å²) in [5.41, 5.74) is -1.06. The molecular formula is C18H20O8. The molecule has 8 nitrogen and oxygen atoms in total. The van der Waals surface area contributed by atoms with Gasteiger partial charge < -0.3 is 28.5 Å². The van der Waals surface area contributed by atoms with Gasteiger partial charge in [-0.1, -0.05) is 12.1 Å². The molecule has 0 spiro atoms. The molecule has 0 amide bonds. The van der Waals surface area contributed by atoms with Crippen LogP contribution in [0.1, 0.15) is 20.3 Å². The second-order valence-electron chi connectivity index (χ2n) is 6.51. The standard InChI is InChI=1S/C18H20O8/c1-18(2)16(22-3)12(24-17(20)21)9-14(26-18)23-11-6-4-5-10-7-8-13(19)25-15(10)11/h4-8,12,14,16H,9H2,1-3H3,(H,20,21). The SMILES string of the molecule is COC1C(OC(=O)O)CC(Oc2cccc3ccc(=O)oc23)OC1(C)C. The molecule has 1 fully saturated rings. The van der Waals surface area contributed by atoms with E-state index in [0.29, 0.717) is 16.7 Å². The molecule has 1 N–H and O–H groups in total. The van der Waals surface area contributed by atoms with E-state index in [-0.39, 0.29) is 6.42 Å². The zero-order valence-electron chi connectivity index (χ0n) is 14.6. The number of para-hydroxylation sites is 1. The molecule has 0 bridgehead atoms. The highest BCUT2D eigenvalue weighted by molar-refractivity contribution is 5.82. The minimum Gasteiger partial charge on any atom is -0.461 e. The van der Waals surface area contributed by atoms with Crippen molar-refractivity contribution >= 4 is 17.1 Å². The lowest BCUT2D eigenvalue weighted by Crippen LogP contribution is -2.57. The van der Waals surface area contributed by atoms with Crippen molar-refractivity contribution in [1.29, 1.82) is 0 Å². The predicted molar refractivity (Wildman–Crippen MR) is 90.4 cm³/mol. The highest BCUT2D eigenvalue weighted by Gasteiger charge is 2.47. The van der Waals surface area contributed by atoms with Crippen LogP contribution in [0.4, 0.5) is 4.79 Å². The van der Waals surface area contributed by atoms with Gasteiger partial charge in [0, 0.05) is 18.6 Å². The maximum Gasteiger partial charge on any atom is 0.506 e. The Morgan fingerprint density at radius 2 is 2.04 bits per heavy atom. The van der Waals surface area contributed by atoms with Gasteiger partial charge >= 0.3 is 11.8 Å². The Labute approximate surface area is 149 Å². The molecule has 140 valence electrons. The van der Waals surface area contributed by atoms with E-state index in [9.17, 15) is 9.59 Å². The van der Waals surface area contributed by atoms with Gasteiger partial charge in [0.05, 0.1) is 12.0 Å². The molecule has 8 heteroatoms. The van der Waals surface area contributed by atoms with Crippen LogP contribution in [0.25, 0.3) is 11.0 Å². The van der Waals surface area contributed by atoms with Gasteiger partial charge in [-0.15, -0.1) is 0 Å². The second-order valence-corrected chi connectivity index (χ2v) is 6.51. The molecule has 3 atom stereocenters. The predicted octanol–water partition coefficient (Wildman–Crippen LogP) is 2.78. The lowest BCUT2D eigenvalue weighted by Gasteiger charge is -2.44. The lowest BCUT2D eigenvalue weighted by atomic mass is 9.91. The highest BCUT2D eigenvalue weighted by atomic mass is 16.7. The van der Waals surface area contributed by atoms with Gasteiger partial charge in [0.2, 0.25) is 6.29 Å². The van der Waals surface area contributed by atoms with Gasteiger partial charge in [-0.3, -0.25) is 0 Å². The van der Waals surface area contributed by atoms with Gasteiger partial charge in [0.1, 0.15) is 12.2 Å². The molecule has 1 saturated heterocycles.